The number of aliphatic imine (C=N–C) groups is 1. The molecule has 2 N–H and O–H groups in total. The third kappa shape index (κ3) is 7.32. The summed E-state index contributed by atoms with van der Waals surface area (Å²) < 4.78 is 40.7. The van der Waals surface area contributed by atoms with Gasteiger partial charge in [-0.3, -0.25) is 4.99 Å². The maximum absolute atomic E-state index is 12.7. The molecule has 10 heteroatoms. The molecule has 1 fully saturated rings. The first-order chi connectivity index (χ1) is 13.7. The summed E-state index contributed by atoms with van der Waals surface area (Å²) in [5.74, 6) is 1.59. The number of rotatable bonds is 7. The van der Waals surface area contributed by atoms with Crippen LogP contribution in [-0.2, 0) is 6.54 Å². The Balaban J connectivity index is 0.00000300. The quantitative estimate of drug-likeness (QED) is 0.324. The fourth-order valence-corrected chi connectivity index (χ4v) is 3.40. The van der Waals surface area contributed by atoms with Crippen LogP contribution in [0.3, 0.4) is 0 Å². The fourth-order valence-electron chi connectivity index (χ4n) is 3.40. The zero-order valence-electron chi connectivity index (χ0n) is 16.6. The Kier molecular flexibility index (Phi) is 9.98. The van der Waals surface area contributed by atoms with Gasteiger partial charge in [0.15, 0.2) is 17.5 Å². The van der Waals surface area contributed by atoms with Gasteiger partial charge in [0.05, 0.1) is 0 Å². The average Bonchev–Trinajstić information content (AvgIpc) is 2.96. The molecule has 164 valence electrons. The van der Waals surface area contributed by atoms with E-state index in [1.54, 1.807) is 13.1 Å². The van der Waals surface area contributed by atoms with Crippen LogP contribution in [-0.4, -0.2) is 57.5 Å². The van der Waals surface area contributed by atoms with E-state index >= 15 is 0 Å². The van der Waals surface area contributed by atoms with Crippen molar-refractivity contribution in [3.05, 3.63) is 17.7 Å². The molecule has 2 aliphatic rings. The first-order valence-corrected chi connectivity index (χ1v) is 9.70. The summed E-state index contributed by atoms with van der Waals surface area (Å²) in [5.41, 5.74) is 0.542. The number of halogens is 3. The SMILES string of the molecule is CN=C(NCCN1CCCCCC1)NCc1cc2c(cc1OC(F)F)OCO2.I. The highest BCUT2D eigenvalue weighted by atomic mass is 127. The van der Waals surface area contributed by atoms with Crippen LogP contribution in [0.4, 0.5) is 8.78 Å². The van der Waals surface area contributed by atoms with Crippen molar-refractivity contribution < 1.29 is 23.0 Å². The molecule has 0 amide bonds. The van der Waals surface area contributed by atoms with Crippen molar-refractivity contribution in [1.29, 1.82) is 0 Å². The van der Waals surface area contributed by atoms with Crippen molar-refractivity contribution in [2.75, 3.05) is 40.0 Å². The van der Waals surface area contributed by atoms with E-state index in [4.69, 9.17) is 9.47 Å². The minimum absolute atomic E-state index is 0. The molecule has 7 nitrogen and oxygen atoms in total. The fraction of sp³-hybridized carbons (Fsp3) is 0.632. The summed E-state index contributed by atoms with van der Waals surface area (Å²) in [6, 6.07) is 3.08. The standard InChI is InChI=1S/C19H28F2N4O3.HI/c1-22-19(23-6-9-25-7-4-2-3-5-8-25)24-12-14-10-16-17(27-13-26-16)11-15(14)28-18(20)21;/h10-11,18H,2-9,12-13H2,1H3,(H2,22,23,24);1H. The Labute approximate surface area is 187 Å². The van der Waals surface area contributed by atoms with Gasteiger partial charge in [-0.15, -0.1) is 24.0 Å². The third-order valence-electron chi connectivity index (χ3n) is 4.86. The summed E-state index contributed by atoms with van der Waals surface area (Å²) in [4.78, 5) is 6.66. The molecular weight excluding hydrogens is 497 g/mol. The van der Waals surface area contributed by atoms with Crippen LogP contribution < -0.4 is 24.8 Å². The topological polar surface area (TPSA) is 67.4 Å². The molecule has 0 unspecified atom stereocenters. The second-order valence-corrected chi connectivity index (χ2v) is 6.80. The Hall–Kier alpha value is -1.56. The van der Waals surface area contributed by atoms with Gasteiger partial charge in [-0.2, -0.15) is 8.78 Å². The highest BCUT2D eigenvalue weighted by Gasteiger charge is 2.20. The van der Waals surface area contributed by atoms with Gasteiger partial charge in [-0.05, 0) is 32.0 Å². The van der Waals surface area contributed by atoms with Crippen molar-refractivity contribution in [1.82, 2.24) is 15.5 Å². The minimum Gasteiger partial charge on any atom is -0.454 e. The van der Waals surface area contributed by atoms with E-state index in [1.165, 1.54) is 31.7 Å². The monoisotopic (exact) mass is 526 g/mol. The number of alkyl halides is 2. The van der Waals surface area contributed by atoms with Crippen LogP contribution in [0.1, 0.15) is 31.2 Å². The Morgan fingerprint density at radius 2 is 1.83 bits per heavy atom. The number of benzene rings is 1. The van der Waals surface area contributed by atoms with Gasteiger partial charge in [0.1, 0.15) is 5.75 Å². The molecule has 1 aromatic rings. The highest BCUT2D eigenvalue weighted by molar-refractivity contribution is 14.0. The van der Waals surface area contributed by atoms with Crippen LogP contribution in [0.2, 0.25) is 0 Å². The van der Waals surface area contributed by atoms with Gasteiger partial charge < -0.3 is 29.7 Å². The Morgan fingerprint density at radius 1 is 1.14 bits per heavy atom. The zero-order chi connectivity index (χ0) is 19.8. The van der Waals surface area contributed by atoms with E-state index in [2.05, 4.69) is 25.3 Å². The third-order valence-corrected chi connectivity index (χ3v) is 4.86. The highest BCUT2D eigenvalue weighted by Crippen LogP contribution is 2.38. The summed E-state index contributed by atoms with van der Waals surface area (Å²) >= 11 is 0. The smallest absolute Gasteiger partial charge is 0.387 e. The summed E-state index contributed by atoms with van der Waals surface area (Å²) in [6.45, 7) is 1.41. The van der Waals surface area contributed by atoms with Gasteiger partial charge in [-0.1, -0.05) is 12.8 Å². The van der Waals surface area contributed by atoms with Crippen LogP contribution >= 0.6 is 24.0 Å². The molecule has 0 aliphatic carbocycles. The van der Waals surface area contributed by atoms with Crippen LogP contribution in [0.25, 0.3) is 0 Å². The van der Waals surface area contributed by atoms with E-state index in [0.29, 0.717) is 23.0 Å². The molecule has 2 aliphatic heterocycles. The molecule has 2 heterocycles. The van der Waals surface area contributed by atoms with Gasteiger partial charge >= 0.3 is 6.61 Å². The Morgan fingerprint density at radius 3 is 2.48 bits per heavy atom. The number of hydrogen-bond acceptors (Lipinski definition) is 5. The summed E-state index contributed by atoms with van der Waals surface area (Å²) in [7, 11) is 1.68. The predicted octanol–water partition coefficient (Wildman–Crippen LogP) is 3.18. The lowest BCUT2D eigenvalue weighted by Gasteiger charge is -2.21. The molecular formula is C19H29F2IN4O3. The first-order valence-electron chi connectivity index (χ1n) is 9.70. The molecule has 0 saturated carbocycles. The lowest BCUT2D eigenvalue weighted by atomic mass is 10.1. The Bertz CT molecular complexity index is 671. The molecule has 0 aromatic heterocycles. The summed E-state index contributed by atoms with van der Waals surface area (Å²) in [5, 5.41) is 6.41. The number of fused-ring (bicyclic) bond motifs is 1. The maximum Gasteiger partial charge on any atom is 0.387 e. The number of guanidine groups is 1. The minimum atomic E-state index is -2.91. The van der Waals surface area contributed by atoms with E-state index < -0.39 is 6.61 Å². The van der Waals surface area contributed by atoms with Crippen molar-refractivity contribution in [2.45, 2.75) is 38.8 Å². The van der Waals surface area contributed by atoms with E-state index in [-0.39, 0.29) is 43.1 Å². The van der Waals surface area contributed by atoms with Gasteiger partial charge in [-0.25, -0.2) is 0 Å². The van der Waals surface area contributed by atoms with Crippen molar-refractivity contribution in [3.63, 3.8) is 0 Å². The number of ether oxygens (including phenoxy) is 3. The van der Waals surface area contributed by atoms with E-state index in [9.17, 15) is 8.78 Å². The number of nitrogens with zero attached hydrogens (tertiary/aromatic N) is 2. The van der Waals surface area contributed by atoms with Crippen LogP contribution in [0.5, 0.6) is 17.2 Å². The second-order valence-electron chi connectivity index (χ2n) is 6.80. The predicted molar refractivity (Wildman–Crippen MR) is 118 cm³/mol. The lowest BCUT2D eigenvalue weighted by molar-refractivity contribution is -0.0505. The molecule has 3 rings (SSSR count). The number of nitrogens with one attached hydrogen (secondary N) is 2. The van der Waals surface area contributed by atoms with Crippen molar-refractivity contribution in [2.24, 2.45) is 4.99 Å². The van der Waals surface area contributed by atoms with Gasteiger partial charge in [0.2, 0.25) is 6.79 Å². The lowest BCUT2D eigenvalue weighted by Crippen LogP contribution is -2.41. The van der Waals surface area contributed by atoms with E-state index in [0.717, 1.165) is 26.2 Å². The number of hydrogen-bond donors (Lipinski definition) is 2. The average molecular weight is 526 g/mol. The molecule has 0 atom stereocenters. The van der Waals surface area contributed by atoms with Crippen molar-refractivity contribution in [3.8, 4) is 17.2 Å². The van der Waals surface area contributed by atoms with E-state index in [1.807, 2.05) is 0 Å². The molecule has 0 bridgehead atoms. The van der Waals surface area contributed by atoms with Crippen LogP contribution in [0.15, 0.2) is 17.1 Å². The van der Waals surface area contributed by atoms with Crippen molar-refractivity contribution >= 4 is 29.9 Å². The second kappa shape index (κ2) is 12.2. The molecule has 1 aromatic carbocycles. The zero-order valence-corrected chi connectivity index (χ0v) is 18.9. The molecule has 0 spiro atoms. The molecule has 0 radical (unpaired) electrons. The van der Waals surface area contributed by atoms with Gasteiger partial charge in [0.25, 0.3) is 0 Å². The maximum atomic E-state index is 12.7. The first kappa shape index (κ1) is 23.7. The normalized spacial score (nSPS) is 16.9. The largest absolute Gasteiger partial charge is 0.454 e. The molecule has 1 saturated heterocycles. The van der Waals surface area contributed by atoms with Crippen LogP contribution in [0, 0.1) is 0 Å². The number of likely N-dealkylation sites (tertiary alicyclic amines) is 1. The summed E-state index contributed by atoms with van der Waals surface area (Å²) in [6.07, 6.45) is 5.13. The molecule has 29 heavy (non-hydrogen) atoms. The van der Waals surface area contributed by atoms with Gasteiger partial charge in [0, 0.05) is 38.3 Å².